The second kappa shape index (κ2) is 5.25. The predicted molar refractivity (Wildman–Crippen MR) is 77.6 cm³/mol. The molecule has 0 unspecified atom stereocenters. The van der Waals surface area contributed by atoms with Gasteiger partial charge in [-0.2, -0.15) is 0 Å². The van der Waals surface area contributed by atoms with Crippen molar-refractivity contribution in [2.75, 3.05) is 5.73 Å². The molecule has 20 heavy (non-hydrogen) atoms. The van der Waals surface area contributed by atoms with E-state index in [1.54, 1.807) is 0 Å². The molecule has 0 aliphatic rings. The lowest BCUT2D eigenvalue weighted by atomic mass is 10.1. The summed E-state index contributed by atoms with van der Waals surface area (Å²) >= 11 is 0. The van der Waals surface area contributed by atoms with Crippen molar-refractivity contribution in [3.63, 3.8) is 0 Å². The van der Waals surface area contributed by atoms with Gasteiger partial charge in [0.25, 0.3) is 0 Å². The molecule has 0 amide bonds. The molecule has 0 bridgehead atoms. The maximum atomic E-state index is 13.8. The van der Waals surface area contributed by atoms with E-state index in [2.05, 4.69) is 0 Å². The lowest BCUT2D eigenvalue weighted by molar-refractivity contribution is 0.567. The molecule has 0 atom stereocenters. The van der Waals surface area contributed by atoms with Gasteiger partial charge in [-0.15, -0.1) is 0 Å². The number of hydrogen-bond acceptors (Lipinski definition) is 3. The monoisotopic (exact) mass is 293 g/mol. The summed E-state index contributed by atoms with van der Waals surface area (Å²) in [6.45, 7) is 3.73. The molecule has 0 aliphatic carbocycles. The van der Waals surface area contributed by atoms with Gasteiger partial charge in [-0.25, -0.2) is 12.8 Å². The van der Waals surface area contributed by atoms with E-state index in [0.29, 0.717) is 5.56 Å². The maximum absolute atomic E-state index is 13.8. The number of benzene rings is 2. The van der Waals surface area contributed by atoms with Crippen LogP contribution in [0.2, 0.25) is 0 Å². The number of halogens is 1. The van der Waals surface area contributed by atoms with Crippen molar-refractivity contribution >= 4 is 15.5 Å². The first-order valence-electron chi connectivity index (χ1n) is 6.13. The summed E-state index contributed by atoms with van der Waals surface area (Å²) in [6.07, 6.45) is 0. The van der Waals surface area contributed by atoms with Crippen molar-refractivity contribution in [1.29, 1.82) is 0 Å². The van der Waals surface area contributed by atoms with Gasteiger partial charge in [0.15, 0.2) is 9.84 Å². The van der Waals surface area contributed by atoms with Crippen LogP contribution in [-0.2, 0) is 15.6 Å². The number of rotatable bonds is 3. The Morgan fingerprint density at radius 2 is 1.80 bits per heavy atom. The van der Waals surface area contributed by atoms with Crippen LogP contribution in [-0.4, -0.2) is 8.42 Å². The molecule has 0 aromatic heterocycles. The lowest BCUT2D eigenvalue weighted by Crippen LogP contribution is -2.09. The molecule has 106 valence electrons. The van der Waals surface area contributed by atoms with Gasteiger partial charge in [-0.05, 0) is 43.2 Å². The molecule has 2 aromatic carbocycles. The fraction of sp³-hybridized carbons (Fsp3) is 0.200. The number of sulfone groups is 1. The molecule has 2 aromatic rings. The van der Waals surface area contributed by atoms with Crippen molar-refractivity contribution in [2.45, 2.75) is 24.5 Å². The van der Waals surface area contributed by atoms with E-state index in [-0.39, 0.29) is 16.3 Å². The Labute approximate surface area is 118 Å². The molecule has 0 fully saturated rings. The highest BCUT2D eigenvalue weighted by Crippen LogP contribution is 2.23. The van der Waals surface area contributed by atoms with E-state index in [0.717, 1.165) is 17.2 Å². The normalized spacial score (nSPS) is 11.6. The molecular formula is C15H16FNO2S. The van der Waals surface area contributed by atoms with Crippen LogP contribution in [0, 0.1) is 19.7 Å². The molecular weight excluding hydrogens is 277 g/mol. The van der Waals surface area contributed by atoms with Crippen LogP contribution in [0.1, 0.15) is 16.7 Å². The molecule has 0 saturated carbocycles. The van der Waals surface area contributed by atoms with E-state index in [4.69, 9.17) is 5.73 Å². The van der Waals surface area contributed by atoms with Crippen molar-refractivity contribution in [3.8, 4) is 0 Å². The fourth-order valence-corrected chi connectivity index (χ4v) is 3.51. The summed E-state index contributed by atoms with van der Waals surface area (Å²) in [5, 5.41) is 0. The Kier molecular flexibility index (Phi) is 3.81. The predicted octanol–water partition coefficient (Wildman–Crippen LogP) is 3.00. The van der Waals surface area contributed by atoms with Crippen LogP contribution in [0.25, 0.3) is 0 Å². The standard InChI is InChI=1S/C15H16FNO2S/c1-10-3-4-11(2)12(7-10)9-20(18,19)15-6-5-13(17)8-14(15)16/h3-8H,9,17H2,1-2H3. The highest BCUT2D eigenvalue weighted by Gasteiger charge is 2.20. The summed E-state index contributed by atoms with van der Waals surface area (Å²) in [5.41, 5.74) is 8.16. The fourth-order valence-electron chi connectivity index (χ4n) is 2.01. The second-order valence-electron chi connectivity index (χ2n) is 4.88. The Morgan fingerprint density at radius 3 is 2.45 bits per heavy atom. The average molecular weight is 293 g/mol. The Hall–Kier alpha value is -1.88. The van der Waals surface area contributed by atoms with E-state index >= 15 is 0 Å². The molecule has 0 radical (unpaired) electrons. The summed E-state index contributed by atoms with van der Waals surface area (Å²) in [6, 6.07) is 9.21. The average Bonchev–Trinajstić information content (AvgIpc) is 2.33. The largest absolute Gasteiger partial charge is 0.399 e. The number of hydrogen-bond donors (Lipinski definition) is 1. The summed E-state index contributed by atoms with van der Waals surface area (Å²) < 4.78 is 38.4. The van der Waals surface area contributed by atoms with Gasteiger partial charge >= 0.3 is 0 Å². The zero-order valence-corrected chi connectivity index (χ0v) is 12.2. The van der Waals surface area contributed by atoms with Gasteiger partial charge in [0, 0.05) is 5.69 Å². The van der Waals surface area contributed by atoms with Gasteiger partial charge in [0.1, 0.15) is 10.7 Å². The highest BCUT2D eigenvalue weighted by atomic mass is 32.2. The molecule has 3 nitrogen and oxygen atoms in total. The first-order valence-corrected chi connectivity index (χ1v) is 7.79. The van der Waals surface area contributed by atoms with Crippen LogP contribution >= 0.6 is 0 Å². The maximum Gasteiger partial charge on any atom is 0.185 e. The zero-order valence-electron chi connectivity index (χ0n) is 11.4. The van der Waals surface area contributed by atoms with Gasteiger partial charge in [-0.1, -0.05) is 23.8 Å². The van der Waals surface area contributed by atoms with Crippen LogP contribution < -0.4 is 5.73 Å². The van der Waals surface area contributed by atoms with Crippen LogP contribution in [0.5, 0.6) is 0 Å². The Bertz CT molecular complexity index is 754. The topological polar surface area (TPSA) is 60.2 Å². The molecule has 0 saturated heterocycles. The number of nitrogen functional groups attached to an aromatic ring is 1. The van der Waals surface area contributed by atoms with Crippen molar-refractivity contribution < 1.29 is 12.8 Å². The van der Waals surface area contributed by atoms with Crippen molar-refractivity contribution in [3.05, 3.63) is 58.9 Å². The Morgan fingerprint density at radius 1 is 1.10 bits per heavy atom. The molecule has 0 spiro atoms. The lowest BCUT2D eigenvalue weighted by Gasteiger charge is -2.09. The van der Waals surface area contributed by atoms with Crippen LogP contribution in [0.4, 0.5) is 10.1 Å². The summed E-state index contributed by atoms with van der Waals surface area (Å²) in [5.74, 6) is -1.03. The van der Waals surface area contributed by atoms with Crippen LogP contribution in [0.15, 0.2) is 41.3 Å². The molecule has 0 aliphatic heterocycles. The minimum atomic E-state index is -3.73. The highest BCUT2D eigenvalue weighted by molar-refractivity contribution is 7.90. The molecule has 2 N–H and O–H groups in total. The molecule has 0 heterocycles. The third-order valence-electron chi connectivity index (χ3n) is 3.14. The van der Waals surface area contributed by atoms with Gasteiger partial charge in [0.05, 0.1) is 5.75 Å². The first-order chi connectivity index (χ1) is 9.29. The molecule has 5 heteroatoms. The SMILES string of the molecule is Cc1ccc(C)c(CS(=O)(=O)c2ccc(N)cc2F)c1. The van der Waals surface area contributed by atoms with Gasteiger partial charge < -0.3 is 5.73 Å². The third-order valence-corrected chi connectivity index (χ3v) is 4.83. The third kappa shape index (κ3) is 2.99. The van der Waals surface area contributed by atoms with Gasteiger partial charge in [-0.3, -0.25) is 0 Å². The number of aryl methyl sites for hydroxylation is 2. The van der Waals surface area contributed by atoms with E-state index in [1.807, 2.05) is 32.0 Å². The van der Waals surface area contributed by atoms with Crippen molar-refractivity contribution in [2.24, 2.45) is 0 Å². The summed E-state index contributed by atoms with van der Waals surface area (Å²) in [4.78, 5) is -0.312. The van der Waals surface area contributed by atoms with Crippen molar-refractivity contribution in [1.82, 2.24) is 0 Å². The first kappa shape index (κ1) is 14.5. The van der Waals surface area contributed by atoms with E-state index in [9.17, 15) is 12.8 Å². The second-order valence-corrected chi connectivity index (χ2v) is 6.84. The minimum Gasteiger partial charge on any atom is -0.399 e. The van der Waals surface area contributed by atoms with Crippen LogP contribution in [0.3, 0.4) is 0 Å². The van der Waals surface area contributed by atoms with Gasteiger partial charge in [0.2, 0.25) is 0 Å². The van der Waals surface area contributed by atoms with E-state index < -0.39 is 15.7 Å². The summed E-state index contributed by atoms with van der Waals surface area (Å²) in [7, 11) is -3.73. The number of anilines is 1. The molecule has 2 rings (SSSR count). The minimum absolute atomic E-state index is 0.202. The van der Waals surface area contributed by atoms with E-state index in [1.165, 1.54) is 12.1 Å². The Balaban J connectivity index is 2.43. The zero-order chi connectivity index (χ0) is 14.9. The number of nitrogens with two attached hydrogens (primary N) is 1. The smallest absolute Gasteiger partial charge is 0.185 e. The quantitative estimate of drug-likeness (QED) is 0.885.